The molecule has 2 fully saturated rings. The molecule has 8 nitrogen and oxygen atoms in total. The number of carbonyl (C=O) groups excluding carboxylic acids is 1. The summed E-state index contributed by atoms with van der Waals surface area (Å²) in [5, 5.41) is 0. The Morgan fingerprint density at radius 1 is 1.00 bits per heavy atom. The first-order valence-electron chi connectivity index (χ1n) is 14.9. The van der Waals surface area contributed by atoms with Crippen molar-refractivity contribution in [3.8, 4) is 0 Å². The maximum atomic E-state index is 12.2. The highest BCUT2D eigenvalue weighted by atomic mass is 16.5. The second-order valence-corrected chi connectivity index (χ2v) is 11.5. The summed E-state index contributed by atoms with van der Waals surface area (Å²) >= 11 is 0. The van der Waals surface area contributed by atoms with E-state index in [1.54, 1.807) is 6.07 Å². The first-order chi connectivity index (χ1) is 20.2. The van der Waals surface area contributed by atoms with Crippen molar-refractivity contribution < 1.29 is 14.3 Å². The van der Waals surface area contributed by atoms with Gasteiger partial charge in [-0.25, -0.2) is 14.8 Å². The van der Waals surface area contributed by atoms with E-state index in [9.17, 15) is 4.79 Å². The third kappa shape index (κ3) is 5.22. The van der Waals surface area contributed by atoms with E-state index in [1.807, 2.05) is 12.1 Å². The van der Waals surface area contributed by atoms with Gasteiger partial charge in [-0.05, 0) is 87.2 Å². The molecular weight excluding hydrogens is 514 g/mol. The SMILES string of the molecule is COC(=O)c1ccc2nc(CN3CCC(c4cccc(N5CCCc6ccccc65)n4)CC3)n(C[C@@H]3CCO3)c2c1. The number of aromatic nitrogens is 3. The Morgan fingerprint density at radius 2 is 1.85 bits per heavy atom. The number of ether oxygens (including phenoxy) is 2. The molecule has 0 spiro atoms. The molecule has 0 unspecified atom stereocenters. The molecule has 3 aliphatic rings. The van der Waals surface area contributed by atoms with E-state index < -0.39 is 0 Å². The highest BCUT2D eigenvalue weighted by Crippen LogP contribution is 2.34. The van der Waals surface area contributed by atoms with Crippen molar-refractivity contribution in [3.63, 3.8) is 0 Å². The van der Waals surface area contributed by atoms with Crippen LogP contribution in [0.25, 0.3) is 11.0 Å². The van der Waals surface area contributed by atoms with E-state index in [-0.39, 0.29) is 12.1 Å². The molecular formula is C33H37N5O3. The topological polar surface area (TPSA) is 72.7 Å². The van der Waals surface area contributed by atoms with Crippen LogP contribution in [-0.2, 0) is 29.0 Å². The van der Waals surface area contributed by atoms with E-state index in [0.717, 1.165) is 94.1 Å². The smallest absolute Gasteiger partial charge is 0.337 e. The Balaban J connectivity index is 1.06. The van der Waals surface area contributed by atoms with E-state index in [2.05, 4.69) is 56.8 Å². The molecule has 212 valence electrons. The van der Waals surface area contributed by atoms with Crippen LogP contribution >= 0.6 is 0 Å². The largest absolute Gasteiger partial charge is 0.465 e. The fourth-order valence-corrected chi connectivity index (χ4v) is 6.55. The van der Waals surface area contributed by atoms with Gasteiger partial charge in [-0.2, -0.15) is 0 Å². The number of pyridine rings is 1. The van der Waals surface area contributed by atoms with Crippen LogP contribution < -0.4 is 4.90 Å². The molecule has 8 heteroatoms. The molecule has 41 heavy (non-hydrogen) atoms. The van der Waals surface area contributed by atoms with Crippen molar-refractivity contribution in [3.05, 3.63) is 83.3 Å². The van der Waals surface area contributed by atoms with Crippen molar-refractivity contribution in [2.45, 2.75) is 57.2 Å². The normalized spacial score (nSPS) is 19.6. The molecule has 5 heterocycles. The average Bonchev–Trinajstić information content (AvgIpc) is 3.34. The Labute approximate surface area is 240 Å². The lowest BCUT2D eigenvalue weighted by molar-refractivity contribution is -0.0592. The fraction of sp³-hybridized carbons (Fsp3) is 0.424. The number of methoxy groups -OCH3 is 1. The summed E-state index contributed by atoms with van der Waals surface area (Å²) in [5.41, 5.74) is 6.33. The first-order valence-corrected chi connectivity index (χ1v) is 14.9. The van der Waals surface area contributed by atoms with Crippen LogP contribution in [0.1, 0.15) is 59.0 Å². The number of aryl methyl sites for hydroxylation is 1. The minimum atomic E-state index is -0.328. The monoisotopic (exact) mass is 551 g/mol. The van der Waals surface area contributed by atoms with Gasteiger partial charge in [0.25, 0.3) is 0 Å². The molecule has 0 N–H and O–H groups in total. The minimum Gasteiger partial charge on any atom is -0.465 e. The number of benzene rings is 2. The molecule has 2 saturated heterocycles. The number of esters is 1. The van der Waals surface area contributed by atoms with Crippen molar-refractivity contribution in [1.29, 1.82) is 0 Å². The van der Waals surface area contributed by atoms with Crippen molar-refractivity contribution in [2.24, 2.45) is 0 Å². The standard InChI is InChI=1S/C33H37N5O3/c1-40-33(39)25-11-12-28-30(20-25)38(21-26-15-19-41-26)32(35-28)22-36-17-13-23(14-18-36)27-8-4-10-31(34-27)37-16-5-7-24-6-2-3-9-29(24)37/h2-4,6,8-12,20,23,26H,5,7,13-19,21-22H2,1H3/t26-/m0/s1. The lowest BCUT2D eigenvalue weighted by atomic mass is 9.93. The van der Waals surface area contributed by atoms with Crippen molar-refractivity contribution >= 4 is 28.5 Å². The van der Waals surface area contributed by atoms with Gasteiger partial charge in [-0.3, -0.25) is 4.90 Å². The van der Waals surface area contributed by atoms with Gasteiger partial charge in [-0.15, -0.1) is 0 Å². The van der Waals surface area contributed by atoms with Crippen LogP contribution in [0.4, 0.5) is 11.5 Å². The van der Waals surface area contributed by atoms with E-state index in [4.69, 9.17) is 19.4 Å². The Kier molecular flexibility index (Phi) is 7.19. The van der Waals surface area contributed by atoms with Crippen LogP contribution in [-0.4, -0.2) is 64.9 Å². The molecule has 0 bridgehead atoms. The van der Waals surface area contributed by atoms with Gasteiger partial charge in [0.1, 0.15) is 11.6 Å². The molecule has 0 radical (unpaired) electrons. The summed E-state index contributed by atoms with van der Waals surface area (Å²) in [4.78, 5) is 27.3. The molecule has 0 aliphatic carbocycles. The average molecular weight is 552 g/mol. The number of nitrogens with zero attached hydrogens (tertiary/aromatic N) is 5. The molecule has 2 aromatic carbocycles. The van der Waals surface area contributed by atoms with Gasteiger partial charge in [0, 0.05) is 30.5 Å². The van der Waals surface area contributed by atoms with Gasteiger partial charge in [0.05, 0.1) is 42.9 Å². The first kappa shape index (κ1) is 26.2. The number of piperidine rings is 1. The van der Waals surface area contributed by atoms with E-state index in [0.29, 0.717) is 11.5 Å². The fourth-order valence-electron chi connectivity index (χ4n) is 6.55. The second kappa shape index (κ2) is 11.3. The zero-order chi connectivity index (χ0) is 27.8. The molecule has 4 aromatic rings. The lowest BCUT2D eigenvalue weighted by Crippen LogP contribution is -2.35. The van der Waals surface area contributed by atoms with Gasteiger partial charge in [-0.1, -0.05) is 24.3 Å². The van der Waals surface area contributed by atoms with Gasteiger partial charge < -0.3 is 18.9 Å². The number of para-hydroxylation sites is 1. The number of hydrogen-bond acceptors (Lipinski definition) is 7. The van der Waals surface area contributed by atoms with Crippen molar-refractivity contribution in [2.75, 3.05) is 38.3 Å². The zero-order valence-electron chi connectivity index (χ0n) is 23.7. The third-order valence-electron chi connectivity index (χ3n) is 8.94. The van der Waals surface area contributed by atoms with Gasteiger partial charge in [0.2, 0.25) is 0 Å². The maximum absolute atomic E-state index is 12.2. The Bertz CT molecular complexity index is 1550. The van der Waals surface area contributed by atoms with E-state index >= 15 is 0 Å². The Morgan fingerprint density at radius 3 is 2.66 bits per heavy atom. The second-order valence-electron chi connectivity index (χ2n) is 11.5. The summed E-state index contributed by atoms with van der Waals surface area (Å²) in [6.07, 6.45) is 5.69. The Hall–Kier alpha value is -3.75. The summed E-state index contributed by atoms with van der Waals surface area (Å²) in [6.45, 7) is 5.36. The number of fused-ring (bicyclic) bond motifs is 2. The number of imidazole rings is 1. The van der Waals surface area contributed by atoms with E-state index in [1.165, 1.54) is 24.1 Å². The van der Waals surface area contributed by atoms with Crippen molar-refractivity contribution in [1.82, 2.24) is 19.4 Å². The highest BCUT2D eigenvalue weighted by Gasteiger charge is 2.27. The molecule has 0 amide bonds. The predicted molar refractivity (Wildman–Crippen MR) is 159 cm³/mol. The van der Waals surface area contributed by atoms with Crippen LogP contribution in [0, 0.1) is 0 Å². The quantitative estimate of drug-likeness (QED) is 0.282. The minimum absolute atomic E-state index is 0.198. The molecule has 7 rings (SSSR count). The molecule has 2 aromatic heterocycles. The van der Waals surface area contributed by atoms with Gasteiger partial charge >= 0.3 is 5.97 Å². The number of anilines is 2. The van der Waals surface area contributed by atoms with Crippen LogP contribution in [0.5, 0.6) is 0 Å². The molecule has 0 saturated carbocycles. The molecule has 1 atom stereocenters. The van der Waals surface area contributed by atoms with Crippen LogP contribution in [0.15, 0.2) is 60.7 Å². The van der Waals surface area contributed by atoms with Gasteiger partial charge in [0.15, 0.2) is 0 Å². The third-order valence-corrected chi connectivity index (χ3v) is 8.94. The summed E-state index contributed by atoms with van der Waals surface area (Å²) in [6, 6.07) is 20.9. The number of likely N-dealkylation sites (tertiary alicyclic amines) is 1. The number of rotatable bonds is 7. The highest BCUT2D eigenvalue weighted by molar-refractivity contribution is 5.93. The molecule has 3 aliphatic heterocycles. The number of carbonyl (C=O) groups is 1. The summed E-state index contributed by atoms with van der Waals surface area (Å²) < 4.78 is 13.0. The predicted octanol–water partition coefficient (Wildman–Crippen LogP) is 5.47. The lowest BCUT2D eigenvalue weighted by Gasteiger charge is -2.33. The van der Waals surface area contributed by atoms with Crippen LogP contribution in [0.2, 0.25) is 0 Å². The number of hydrogen-bond donors (Lipinski definition) is 0. The maximum Gasteiger partial charge on any atom is 0.337 e. The zero-order valence-corrected chi connectivity index (χ0v) is 23.7. The summed E-state index contributed by atoms with van der Waals surface area (Å²) in [7, 11) is 1.42. The summed E-state index contributed by atoms with van der Waals surface area (Å²) in [5.74, 6) is 2.22. The van der Waals surface area contributed by atoms with Crippen LogP contribution in [0.3, 0.4) is 0 Å².